The Morgan fingerprint density at radius 2 is 1.84 bits per heavy atom. The van der Waals surface area contributed by atoms with Crippen molar-refractivity contribution >= 4 is 22.7 Å². The molecular weight excluding hydrogens is 468 g/mol. The molecule has 0 unspecified atom stereocenters. The maximum absolute atomic E-state index is 13.0. The van der Waals surface area contributed by atoms with Crippen molar-refractivity contribution in [3.05, 3.63) is 71.4 Å². The van der Waals surface area contributed by atoms with Crippen LogP contribution in [0, 0.1) is 18.3 Å². The van der Waals surface area contributed by atoms with Gasteiger partial charge in [-0.15, -0.1) is 0 Å². The van der Waals surface area contributed by atoms with E-state index in [9.17, 15) is 9.59 Å². The highest BCUT2D eigenvalue weighted by Crippen LogP contribution is 2.26. The van der Waals surface area contributed by atoms with Crippen molar-refractivity contribution in [3.8, 4) is 5.75 Å². The van der Waals surface area contributed by atoms with Crippen molar-refractivity contribution in [2.45, 2.75) is 46.8 Å². The van der Waals surface area contributed by atoms with Crippen molar-refractivity contribution in [2.75, 3.05) is 19.6 Å². The zero-order valence-electron chi connectivity index (χ0n) is 22.0. The third-order valence-electron chi connectivity index (χ3n) is 6.54. The minimum absolute atomic E-state index is 0.0836. The summed E-state index contributed by atoms with van der Waals surface area (Å²) < 4.78 is 6.02. The van der Waals surface area contributed by atoms with Crippen LogP contribution in [0.25, 0.3) is 10.9 Å². The second-order valence-electron chi connectivity index (χ2n) is 11.1. The molecule has 1 fully saturated rings. The summed E-state index contributed by atoms with van der Waals surface area (Å²) in [5.41, 5.74) is 5.27. The first-order valence-corrected chi connectivity index (χ1v) is 12.7. The monoisotopic (exact) mass is 504 g/mol. The molecule has 0 spiro atoms. The molecule has 0 bridgehead atoms. The van der Waals surface area contributed by atoms with Gasteiger partial charge in [0.2, 0.25) is 5.91 Å². The molecular formula is C29H36N4O4. The van der Waals surface area contributed by atoms with E-state index in [0.717, 1.165) is 28.7 Å². The van der Waals surface area contributed by atoms with Crippen LogP contribution in [0.15, 0.2) is 54.6 Å². The number of para-hydroxylation sites is 1. The Morgan fingerprint density at radius 1 is 1.11 bits per heavy atom. The lowest BCUT2D eigenvalue weighted by atomic mass is 9.96. The van der Waals surface area contributed by atoms with Gasteiger partial charge in [-0.1, -0.05) is 39.0 Å². The van der Waals surface area contributed by atoms with Gasteiger partial charge in [0, 0.05) is 60.2 Å². The smallest absolute Gasteiger partial charge is 0.251 e. The number of aryl methyl sites for hydroxylation is 1. The van der Waals surface area contributed by atoms with Crippen molar-refractivity contribution in [3.63, 3.8) is 0 Å². The molecule has 3 aromatic rings. The van der Waals surface area contributed by atoms with Gasteiger partial charge in [-0.3, -0.25) is 19.8 Å². The summed E-state index contributed by atoms with van der Waals surface area (Å²) in [5, 5.41) is 13.2. The molecule has 2 amide bonds. The van der Waals surface area contributed by atoms with E-state index in [-0.39, 0.29) is 29.7 Å². The molecule has 2 heterocycles. The molecule has 2 atom stereocenters. The minimum Gasteiger partial charge on any atom is -0.489 e. The predicted molar refractivity (Wildman–Crippen MR) is 142 cm³/mol. The van der Waals surface area contributed by atoms with Crippen molar-refractivity contribution in [1.29, 1.82) is 0 Å². The van der Waals surface area contributed by atoms with E-state index in [1.807, 2.05) is 37.3 Å². The lowest BCUT2D eigenvalue weighted by Gasteiger charge is -2.26. The van der Waals surface area contributed by atoms with Gasteiger partial charge >= 0.3 is 0 Å². The van der Waals surface area contributed by atoms with Crippen LogP contribution in [0.2, 0.25) is 0 Å². The first-order valence-electron chi connectivity index (χ1n) is 12.7. The van der Waals surface area contributed by atoms with E-state index in [1.165, 1.54) is 0 Å². The van der Waals surface area contributed by atoms with Crippen molar-refractivity contribution < 1.29 is 19.5 Å². The molecule has 2 aromatic carbocycles. The van der Waals surface area contributed by atoms with E-state index < -0.39 is 5.91 Å². The molecule has 1 aromatic heterocycles. The van der Waals surface area contributed by atoms with Gasteiger partial charge in [-0.05, 0) is 48.7 Å². The summed E-state index contributed by atoms with van der Waals surface area (Å²) in [7, 11) is 0. The number of nitrogens with one attached hydrogen (secondary N) is 2. The zero-order valence-corrected chi connectivity index (χ0v) is 22.0. The Balaban J connectivity index is 1.39. The van der Waals surface area contributed by atoms with Gasteiger partial charge in [-0.2, -0.15) is 0 Å². The topological polar surface area (TPSA) is 104 Å². The Labute approximate surface area is 218 Å². The van der Waals surface area contributed by atoms with Crippen LogP contribution in [0.4, 0.5) is 0 Å². The van der Waals surface area contributed by atoms with E-state index in [1.54, 1.807) is 29.7 Å². The summed E-state index contributed by atoms with van der Waals surface area (Å²) in [6, 6.07) is 16.9. The maximum atomic E-state index is 13.0. The van der Waals surface area contributed by atoms with Gasteiger partial charge in [0.05, 0.1) is 5.52 Å². The third-order valence-corrected chi connectivity index (χ3v) is 6.54. The normalized spacial score (nSPS) is 18.1. The summed E-state index contributed by atoms with van der Waals surface area (Å²) in [5.74, 6) is -0.0515. The molecule has 1 aliphatic heterocycles. The highest BCUT2D eigenvalue weighted by atomic mass is 16.5. The number of rotatable bonds is 8. The predicted octanol–water partition coefficient (Wildman–Crippen LogP) is 4.09. The Hall–Kier alpha value is -3.49. The molecule has 3 N–H and O–H groups in total. The third kappa shape index (κ3) is 7.05. The summed E-state index contributed by atoms with van der Waals surface area (Å²) in [6.07, 6.45) is 0.151. The second-order valence-corrected chi connectivity index (χ2v) is 11.1. The van der Waals surface area contributed by atoms with Gasteiger partial charge < -0.3 is 15.0 Å². The lowest BCUT2D eigenvalue weighted by Crippen LogP contribution is -2.42. The van der Waals surface area contributed by atoms with Gasteiger partial charge in [0.15, 0.2) is 0 Å². The number of fused-ring (bicyclic) bond motifs is 1. The standard InChI is InChI=1S/C29H36N4O4/c1-19-13-22(24-7-5-6-8-25(24)30-19)17-37-23-11-9-20(10-12-23)28(35)31-26-16-33(18-29(2,3)4)15-21(26)14-27(34)32-36/h5-13,21,26,36H,14-18H2,1-4H3,(H,31,35)(H,32,34)/t21-,26+/m0/s1. The molecule has 0 aliphatic carbocycles. The van der Waals surface area contributed by atoms with Crippen LogP contribution in [-0.4, -0.2) is 52.6 Å². The van der Waals surface area contributed by atoms with E-state index in [0.29, 0.717) is 31.0 Å². The number of aromatic nitrogens is 1. The van der Waals surface area contributed by atoms with Crippen LogP contribution in [0.3, 0.4) is 0 Å². The number of ether oxygens (including phenoxy) is 1. The molecule has 0 saturated carbocycles. The van der Waals surface area contributed by atoms with Gasteiger partial charge in [0.25, 0.3) is 5.91 Å². The number of carbonyl (C=O) groups is 2. The van der Waals surface area contributed by atoms with Crippen LogP contribution in [0.5, 0.6) is 5.75 Å². The zero-order chi connectivity index (χ0) is 26.6. The highest BCUT2D eigenvalue weighted by molar-refractivity contribution is 5.94. The number of carbonyl (C=O) groups excluding carboxylic acids is 2. The summed E-state index contributed by atoms with van der Waals surface area (Å²) >= 11 is 0. The number of hydroxylamine groups is 1. The number of likely N-dealkylation sites (tertiary alicyclic amines) is 1. The minimum atomic E-state index is -0.444. The molecule has 4 rings (SSSR count). The fraction of sp³-hybridized carbons (Fsp3) is 0.414. The van der Waals surface area contributed by atoms with Crippen molar-refractivity contribution in [2.24, 2.45) is 11.3 Å². The average Bonchev–Trinajstić information content (AvgIpc) is 3.20. The molecule has 0 radical (unpaired) electrons. The SMILES string of the molecule is Cc1cc(COc2ccc(C(=O)N[C@@H]3CN(CC(C)(C)C)C[C@@H]3CC(=O)NO)cc2)c2ccccc2n1. The van der Waals surface area contributed by atoms with Crippen molar-refractivity contribution in [1.82, 2.24) is 20.7 Å². The first-order chi connectivity index (χ1) is 17.6. The fourth-order valence-electron chi connectivity index (χ4n) is 5.04. The summed E-state index contributed by atoms with van der Waals surface area (Å²) in [4.78, 5) is 31.7. The molecule has 1 aliphatic rings. The van der Waals surface area contributed by atoms with Crippen LogP contribution < -0.4 is 15.5 Å². The Kier molecular flexibility index (Phi) is 8.10. The van der Waals surface area contributed by atoms with E-state index >= 15 is 0 Å². The molecule has 37 heavy (non-hydrogen) atoms. The Morgan fingerprint density at radius 3 is 2.54 bits per heavy atom. The van der Waals surface area contributed by atoms with Gasteiger partial charge in [0.1, 0.15) is 12.4 Å². The number of benzene rings is 2. The van der Waals surface area contributed by atoms with Crippen LogP contribution >= 0.6 is 0 Å². The molecule has 196 valence electrons. The Bertz CT molecular complexity index is 1250. The molecule has 8 heteroatoms. The second kappa shape index (κ2) is 11.3. The van der Waals surface area contributed by atoms with E-state index in [2.05, 4.69) is 36.0 Å². The van der Waals surface area contributed by atoms with E-state index in [4.69, 9.17) is 9.94 Å². The van der Waals surface area contributed by atoms with Crippen LogP contribution in [-0.2, 0) is 11.4 Å². The highest BCUT2D eigenvalue weighted by Gasteiger charge is 2.36. The fourth-order valence-corrected chi connectivity index (χ4v) is 5.04. The number of hydrogen-bond donors (Lipinski definition) is 3. The first kappa shape index (κ1) is 26.6. The quantitative estimate of drug-likeness (QED) is 0.315. The average molecular weight is 505 g/mol. The largest absolute Gasteiger partial charge is 0.489 e. The van der Waals surface area contributed by atoms with Gasteiger partial charge in [-0.25, -0.2) is 5.48 Å². The number of amides is 2. The van der Waals surface area contributed by atoms with Crippen LogP contribution in [0.1, 0.15) is 48.8 Å². The summed E-state index contributed by atoms with van der Waals surface area (Å²) in [6.45, 7) is 11.1. The molecule has 8 nitrogen and oxygen atoms in total. The number of hydrogen-bond acceptors (Lipinski definition) is 6. The number of nitrogens with zero attached hydrogens (tertiary/aromatic N) is 2. The maximum Gasteiger partial charge on any atom is 0.251 e. The number of pyridine rings is 1. The lowest BCUT2D eigenvalue weighted by molar-refractivity contribution is -0.130. The molecule has 1 saturated heterocycles.